The van der Waals surface area contributed by atoms with Crippen LogP contribution in [-0.2, 0) is 10.2 Å². The average molecular weight is 313 g/mol. The second-order valence-electron chi connectivity index (χ2n) is 4.87. The van der Waals surface area contributed by atoms with Crippen molar-refractivity contribution in [2.75, 3.05) is 17.8 Å². The molecule has 2 rings (SSSR count). The molecule has 0 unspecified atom stereocenters. The molecular weight excluding hydrogens is 294 g/mol. The van der Waals surface area contributed by atoms with Crippen LogP contribution in [0.3, 0.4) is 0 Å². The topological polar surface area (TPSA) is 75.4 Å². The summed E-state index contributed by atoms with van der Waals surface area (Å²) in [6.07, 6.45) is 3.99. The molecule has 20 heavy (non-hydrogen) atoms. The van der Waals surface area contributed by atoms with E-state index >= 15 is 0 Å². The molecule has 1 fully saturated rings. The molecule has 5 nitrogen and oxygen atoms in total. The van der Waals surface area contributed by atoms with Gasteiger partial charge in [-0.3, -0.25) is 4.72 Å². The van der Waals surface area contributed by atoms with Crippen LogP contribution in [0.4, 0.5) is 5.69 Å². The van der Waals surface area contributed by atoms with E-state index in [2.05, 4.69) is 4.72 Å². The third-order valence-corrected chi connectivity index (χ3v) is 5.07. The number of nitrogens with zero attached hydrogens (tertiary/aromatic N) is 1. The third-order valence-electron chi connectivity index (χ3n) is 3.30. The lowest BCUT2D eigenvalue weighted by atomic mass is 10.2. The van der Waals surface area contributed by atoms with E-state index in [1.54, 1.807) is 24.3 Å². The van der Waals surface area contributed by atoms with Gasteiger partial charge >= 0.3 is 10.2 Å². The molecule has 1 aromatic rings. The van der Waals surface area contributed by atoms with Crippen LogP contribution in [0.15, 0.2) is 24.3 Å². The summed E-state index contributed by atoms with van der Waals surface area (Å²) in [5.41, 5.74) is 6.69. The van der Waals surface area contributed by atoms with Crippen molar-refractivity contribution in [2.45, 2.75) is 25.7 Å². The summed E-state index contributed by atoms with van der Waals surface area (Å²) in [6, 6.07) is 6.83. The molecule has 3 N–H and O–H groups in total. The predicted molar refractivity (Wildman–Crippen MR) is 84.9 cm³/mol. The molecule has 0 radical (unpaired) electrons. The van der Waals surface area contributed by atoms with Crippen molar-refractivity contribution >= 4 is 33.1 Å². The quantitative estimate of drug-likeness (QED) is 0.832. The number of benzene rings is 1. The summed E-state index contributed by atoms with van der Waals surface area (Å²) < 4.78 is 28.8. The van der Waals surface area contributed by atoms with Crippen molar-refractivity contribution < 1.29 is 8.42 Å². The van der Waals surface area contributed by atoms with Gasteiger partial charge in [0.1, 0.15) is 4.99 Å². The fraction of sp³-hybridized carbons (Fsp3) is 0.462. The van der Waals surface area contributed by atoms with Gasteiger partial charge in [-0.2, -0.15) is 12.7 Å². The standard InChI is InChI=1S/C13H19N3O2S2/c14-13(19)11-6-5-7-12(10-11)15-20(17,18)16-8-3-1-2-4-9-16/h5-7,10,15H,1-4,8-9H2,(H2,14,19). The van der Waals surface area contributed by atoms with Crippen LogP contribution in [0.25, 0.3) is 0 Å². The number of anilines is 1. The normalized spacial score (nSPS) is 17.4. The summed E-state index contributed by atoms with van der Waals surface area (Å²) >= 11 is 4.90. The van der Waals surface area contributed by atoms with Gasteiger partial charge in [-0.15, -0.1) is 0 Å². The van der Waals surface area contributed by atoms with Gasteiger partial charge in [0.05, 0.1) is 5.69 Å². The highest BCUT2D eigenvalue weighted by atomic mass is 32.2. The molecule has 0 atom stereocenters. The Balaban J connectivity index is 2.14. The van der Waals surface area contributed by atoms with E-state index in [0.717, 1.165) is 25.7 Å². The smallest absolute Gasteiger partial charge is 0.301 e. The Kier molecular flexibility index (Phi) is 4.95. The van der Waals surface area contributed by atoms with Crippen LogP contribution >= 0.6 is 12.2 Å². The Bertz CT molecular complexity index is 579. The number of thiocarbonyl (C=S) groups is 1. The molecule has 1 saturated heterocycles. The van der Waals surface area contributed by atoms with Crippen molar-refractivity contribution in [3.63, 3.8) is 0 Å². The number of nitrogens with one attached hydrogen (secondary N) is 1. The molecular formula is C13H19N3O2S2. The molecule has 7 heteroatoms. The zero-order chi connectivity index (χ0) is 14.6. The van der Waals surface area contributed by atoms with Crippen LogP contribution < -0.4 is 10.5 Å². The van der Waals surface area contributed by atoms with Gasteiger partial charge in [0.25, 0.3) is 0 Å². The highest BCUT2D eigenvalue weighted by Crippen LogP contribution is 2.17. The maximum atomic E-state index is 12.3. The summed E-state index contributed by atoms with van der Waals surface area (Å²) in [5.74, 6) is 0. The molecule has 1 aromatic carbocycles. The first-order valence-corrected chi connectivity index (χ1v) is 8.51. The van der Waals surface area contributed by atoms with E-state index in [1.807, 2.05) is 0 Å². The van der Waals surface area contributed by atoms with Crippen LogP contribution in [0.1, 0.15) is 31.2 Å². The van der Waals surface area contributed by atoms with E-state index in [-0.39, 0.29) is 4.99 Å². The Morgan fingerprint density at radius 2 is 1.85 bits per heavy atom. The minimum Gasteiger partial charge on any atom is -0.389 e. The van der Waals surface area contributed by atoms with Gasteiger partial charge in [0, 0.05) is 18.7 Å². The van der Waals surface area contributed by atoms with Crippen LogP contribution in [0.5, 0.6) is 0 Å². The molecule has 0 aromatic heterocycles. The molecule has 0 saturated carbocycles. The Morgan fingerprint density at radius 1 is 1.20 bits per heavy atom. The molecule has 0 spiro atoms. The molecule has 0 bridgehead atoms. The summed E-state index contributed by atoms with van der Waals surface area (Å²) in [4.78, 5) is 0.251. The maximum Gasteiger partial charge on any atom is 0.301 e. The largest absolute Gasteiger partial charge is 0.389 e. The first kappa shape index (κ1) is 15.2. The Morgan fingerprint density at radius 3 is 2.45 bits per heavy atom. The molecule has 1 aliphatic rings. The van der Waals surface area contributed by atoms with Crippen molar-refractivity contribution in [1.82, 2.24) is 4.31 Å². The van der Waals surface area contributed by atoms with Crippen molar-refractivity contribution in [2.24, 2.45) is 5.73 Å². The lowest BCUT2D eigenvalue weighted by Crippen LogP contribution is -2.36. The van der Waals surface area contributed by atoms with E-state index in [4.69, 9.17) is 18.0 Å². The first-order chi connectivity index (χ1) is 9.49. The Labute approximate surface area is 125 Å². The minimum absolute atomic E-state index is 0.251. The number of nitrogens with two attached hydrogens (primary N) is 1. The summed E-state index contributed by atoms with van der Waals surface area (Å²) in [5, 5.41) is 0. The zero-order valence-corrected chi connectivity index (χ0v) is 12.8. The van der Waals surface area contributed by atoms with E-state index in [1.165, 1.54) is 4.31 Å². The van der Waals surface area contributed by atoms with E-state index < -0.39 is 10.2 Å². The summed E-state index contributed by atoms with van der Waals surface area (Å²) in [7, 11) is -3.50. The minimum atomic E-state index is -3.50. The van der Waals surface area contributed by atoms with Crippen molar-refractivity contribution in [3.8, 4) is 0 Å². The molecule has 0 amide bonds. The van der Waals surface area contributed by atoms with E-state index in [9.17, 15) is 8.42 Å². The molecule has 1 aliphatic heterocycles. The molecule has 0 aliphatic carbocycles. The van der Waals surface area contributed by atoms with Gasteiger partial charge in [0.15, 0.2) is 0 Å². The average Bonchev–Trinajstić information content (AvgIpc) is 2.67. The van der Waals surface area contributed by atoms with Gasteiger partial charge in [-0.05, 0) is 25.0 Å². The van der Waals surface area contributed by atoms with Crippen LogP contribution in [0.2, 0.25) is 0 Å². The molecule has 110 valence electrons. The van der Waals surface area contributed by atoms with Crippen molar-refractivity contribution in [1.29, 1.82) is 0 Å². The number of rotatable bonds is 4. The lowest BCUT2D eigenvalue weighted by Gasteiger charge is -2.20. The maximum absolute atomic E-state index is 12.3. The van der Waals surface area contributed by atoms with Crippen molar-refractivity contribution in [3.05, 3.63) is 29.8 Å². The zero-order valence-electron chi connectivity index (χ0n) is 11.2. The van der Waals surface area contributed by atoms with Gasteiger partial charge in [-0.25, -0.2) is 0 Å². The number of hydrogen-bond acceptors (Lipinski definition) is 3. The second kappa shape index (κ2) is 6.51. The SMILES string of the molecule is NC(=S)c1cccc(NS(=O)(=O)N2CCCCCC2)c1. The van der Waals surface area contributed by atoms with Gasteiger partial charge < -0.3 is 5.73 Å². The highest BCUT2D eigenvalue weighted by Gasteiger charge is 2.22. The highest BCUT2D eigenvalue weighted by molar-refractivity contribution is 7.90. The first-order valence-electron chi connectivity index (χ1n) is 6.67. The lowest BCUT2D eigenvalue weighted by molar-refractivity contribution is 0.427. The Hall–Kier alpha value is -1.18. The van der Waals surface area contributed by atoms with Gasteiger partial charge in [-0.1, -0.05) is 37.2 Å². The fourth-order valence-electron chi connectivity index (χ4n) is 2.23. The van der Waals surface area contributed by atoms with E-state index in [0.29, 0.717) is 24.3 Å². The number of hydrogen-bond donors (Lipinski definition) is 2. The third kappa shape index (κ3) is 3.91. The monoisotopic (exact) mass is 313 g/mol. The molecule has 1 heterocycles. The van der Waals surface area contributed by atoms with Gasteiger partial charge in [0.2, 0.25) is 0 Å². The van der Waals surface area contributed by atoms with Crippen LogP contribution in [0, 0.1) is 0 Å². The van der Waals surface area contributed by atoms with Crippen LogP contribution in [-0.4, -0.2) is 30.8 Å². The predicted octanol–water partition coefficient (Wildman–Crippen LogP) is 1.85. The second-order valence-corrected chi connectivity index (χ2v) is 6.98. The fourth-order valence-corrected chi connectivity index (χ4v) is 3.65. The summed E-state index contributed by atoms with van der Waals surface area (Å²) in [6.45, 7) is 1.15.